The average Bonchev–Trinajstić information content (AvgIpc) is 2.83. The molecule has 0 aromatic heterocycles. The summed E-state index contributed by atoms with van der Waals surface area (Å²) >= 11 is 0. The van der Waals surface area contributed by atoms with Gasteiger partial charge in [0.25, 0.3) is 0 Å². The highest BCUT2D eigenvalue weighted by molar-refractivity contribution is 6.13. The second kappa shape index (κ2) is 11.1. The maximum Gasteiger partial charge on any atom is 0.0541 e. The van der Waals surface area contributed by atoms with E-state index in [0.29, 0.717) is 18.4 Å². The molecule has 0 radical (unpaired) electrons. The van der Waals surface area contributed by atoms with E-state index in [1.807, 2.05) is 7.05 Å². The van der Waals surface area contributed by atoms with Gasteiger partial charge in [-0.2, -0.15) is 0 Å². The van der Waals surface area contributed by atoms with E-state index in [1.165, 1.54) is 27.5 Å². The van der Waals surface area contributed by atoms with Gasteiger partial charge < -0.3 is 10.6 Å². The number of nitrogens with zero attached hydrogens (tertiary/aromatic N) is 1. The fraction of sp³-hybridized carbons (Fsp3) is 0.406. The lowest BCUT2D eigenvalue weighted by Gasteiger charge is -2.33. The summed E-state index contributed by atoms with van der Waals surface area (Å²) in [6, 6.07) is 13.0. The van der Waals surface area contributed by atoms with Gasteiger partial charge in [-0.15, -0.1) is 0 Å². The SMILES string of the molecule is C=C(CNC(=C)c1ccc(C(CC(C)(C)C2=CC(C)C(C)C(C)=C2)=NC)c2ccccc12)NCC. The Balaban J connectivity index is 1.93. The lowest BCUT2D eigenvalue weighted by atomic mass is 9.71. The molecule has 3 heteroatoms. The molecule has 3 rings (SSSR count). The maximum absolute atomic E-state index is 4.81. The van der Waals surface area contributed by atoms with Crippen LogP contribution in [0, 0.1) is 17.3 Å². The molecule has 2 atom stereocenters. The molecule has 3 nitrogen and oxygen atoms in total. The quantitative estimate of drug-likeness (QED) is 0.353. The third-order valence-corrected chi connectivity index (χ3v) is 7.50. The van der Waals surface area contributed by atoms with Crippen molar-refractivity contribution in [1.82, 2.24) is 10.6 Å². The highest BCUT2D eigenvalue weighted by Crippen LogP contribution is 2.40. The Morgan fingerprint density at radius 3 is 2.23 bits per heavy atom. The molecular formula is C32H43N3. The molecule has 0 aliphatic heterocycles. The van der Waals surface area contributed by atoms with Crippen molar-refractivity contribution in [2.24, 2.45) is 22.2 Å². The molecule has 0 bridgehead atoms. The van der Waals surface area contributed by atoms with E-state index < -0.39 is 0 Å². The molecule has 2 N–H and O–H groups in total. The molecule has 0 saturated carbocycles. The minimum Gasteiger partial charge on any atom is -0.388 e. The van der Waals surface area contributed by atoms with E-state index in [2.05, 4.69) is 114 Å². The van der Waals surface area contributed by atoms with Gasteiger partial charge in [0, 0.05) is 41.8 Å². The van der Waals surface area contributed by atoms with E-state index >= 15 is 0 Å². The van der Waals surface area contributed by atoms with Crippen molar-refractivity contribution in [3.8, 4) is 0 Å². The van der Waals surface area contributed by atoms with Gasteiger partial charge in [-0.05, 0) is 53.9 Å². The van der Waals surface area contributed by atoms with E-state index in [9.17, 15) is 0 Å². The van der Waals surface area contributed by atoms with E-state index in [0.717, 1.165) is 35.6 Å². The smallest absolute Gasteiger partial charge is 0.0541 e. The summed E-state index contributed by atoms with van der Waals surface area (Å²) in [4.78, 5) is 4.81. The lowest BCUT2D eigenvalue weighted by Crippen LogP contribution is -2.24. The van der Waals surface area contributed by atoms with Crippen molar-refractivity contribution in [2.75, 3.05) is 20.1 Å². The second-order valence-electron chi connectivity index (χ2n) is 10.6. The van der Waals surface area contributed by atoms with Gasteiger partial charge >= 0.3 is 0 Å². The standard InChI is InChI=1S/C32H43N3/c1-10-34-23(4)20-35-25(6)27-15-16-30(29-14-12-11-13-28(27)29)31(33-9)19-32(7,8)26-17-21(2)24(5)22(3)18-26/h11-18,21,24,34-35H,4,6,10,19-20H2,1-3,5,7-9H3. The zero-order chi connectivity index (χ0) is 25.8. The number of allylic oxidation sites excluding steroid dienone is 4. The Kier molecular flexibility index (Phi) is 8.43. The number of aliphatic imine (C=N–C) groups is 1. The van der Waals surface area contributed by atoms with E-state index in [4.69, 9.17) is 4.99 Å². The zero-order valence-corrected chi connectivity index (χ0v) is 22.8. The van der Waals surface area contributed by atoms with Gasteiger partial charge in [-0.1, -0.05) is 95.0 Å². The van der Waals surface area contributed by atoms with Crippen LogP contribution in [0.1, 0.15) is 59.1 Å². The summed E-state index contributed by atoms with van der Waals surface area (Å²) in [5.74, 6) is 1.15. The Labute approximate surface area is 212 Å². The number of benzene rings is 2. The predicted octanol–water partition coefficient (Wildman–Crippen LogP) is 7.52. The summed E-state index contributed by atoms with van der Waals surface area (Å²) in [7, 11) is 1.92. The minimum atomic E-state index is -0.0118. The van der Waals surface area contributed by atoms with Crippen LogP contribution in [0.5, 0.6) is 0 Å². The van der Waals surface area contributed by atoms with E-state index in [1.54, 1.807) is 0 Å². The lowest BCUT2D eigenvalue weighted by molar-refractivity contribution is 0.445. The van der Waals surface area contributed by atoms with Gasteiger partial charge in [0.2, 0.25) is 0 Å². The van der Waals surface area contributed by atoms with Crippen molar-refractivity contribution < 1.29 is 0 Å². The number of hydrogen-bond acceptors (Lipinski definition) is 3. The molecule has 2 unspecified atom stereocenters. The van der Waals surface area contributed by atoms with Crippen LogP contribution >= 0.6 is 0 Å². The first-order valence-corrected chi connectivity index (χ1v) is 12.8. The molecule has 0 heterocycles. The van der Waals surface area contributed by atoms with Crippen LogP contribution in [0.4, 0.5) is 0 Å². The highest BCUT2D eigenvalue weighted by atomic mass is 15.0. The normalized spacial score (nSPS) is 18.7. The maximum atomic E-state index is 4.81. The monoisotopic (exact) mass is 469 g/mol. The first-order valence-electron chi connectivity index (χ1n) is 12.8. The van der Waals surface area contributed by atoms with Crippen molar-refractivity contribution in [3.05, 3.63) is 89.7 Å². The molecule has 0 spiro atoms. The summed E-state index contributed by atoms with van der Waals surface area (Å²) < 4.78 is 0. The number of hydrogen-bond donors (Lipinski definition) is 2. The largest absolute Gasteiger partial charge is 0.388 e. The van der Waals surface area contributed by atoms with Gasteiger partial charge in [0.15, 0.2) is 0 Å². The van der Waals surface area contributed by atoms with Crippen molar-refractivity contribution in [2.45, 2.75) is 48.0 Å². The summed E-state index contributed by atoms with van der Waals surface area (Å²) in [6.07, 6.45) is 5.74. The first-order chi connectivity index (χ1) is 16.6. The second-order valence-corrected chi connectivity index (χ2v) is 10.6. The fourth-order valence-corrected chi connectivity index (χ4v) is 4.94. The van der Waals surface area contributed by atoms with Crippen LogP contribution < -0.4 is 10.6 Å². The molecular weight excluding hydrogens is 426 g/mol. The van der Waals surface area contributed by atoms with Crippen molar-refractivity contribution >= 4 is 22.2 Å². The average molecular weight is 470 g/mol. The number of rotatable bonds is 10. The fourth-order valence-electron chi connectivity index (χ4n) is 4.94. The van der Waals surface area contributed by atoms with Crippen LogP contribution in [-0.2, 0) is 0 Å². The predicted molar refractivity (Wildman–Crippen MR) is 155 cm³/mol. The van der Waals surface area contributed by atoms with Crippen LogP contribution in [0.2, 0.25) is 0 Å². The van der Waals surface area contributed by atoms with Crippen molar-refractivity contribution in [3.63, 3.8) is 0 Å². The third-order valence-electron chi connectivity index (χ3n) is 7.50. The molecule has 2 aromatic carbocycles. The first kappa shape index (κ1) is 26.5. The van der Waals surface area contributed by atoms with Crippen molar-refractivity contribution in [1.29, 1.82) is 0 Å². The topological polar surface area (TPSA) is 36.4 Å². The molecule has 186 valence electrons. The molecule has 35 heavy (non-hydrogen) atoms. The van der Waals surface area contributed by atoms with E-state index in [-0.39, 0.29) is 5.41 Å². The Bertz CT molecular complexity index is 1190. The third kappa shape index (κ3) is 5.96. The number of fused-ring (bicyclic) bond motifs is 1. The summed E-state index contributed by atoms with van der Waals surface area (Å²) in [6.45, 7) is 23.6. The minimum absolute atomic E-state index is 0.0118. The Morgan fingerprint density at radius 1 is 1.00 bits per heavy atom. The number of nitrogens with one attached hydrogen (secondary N) is 2. The molecule has 2 aromatic rings. The van der Waals surface area contributed by atoms with Crippen LogP contribution in [0.25, 0.3) is 16.5 Å². The summed E-state index contributed by atoms with van der Waals surface area (Å²) in [5.41, 5.74) is 8.18. The molecule has 0 fully saturated rings. The molecule has 1 aliphatic carbocycles. The zero-order valence-electron chi connectivity index (χ0n) is 22.8. The summed E-state index contributed by atoms with van der Waals surface area (Å²) in [5, 5.41) is 9.08. The van der Waals surface area contributed by atoms with Crippen LogP contribution in [-0.4, -0.2) is 25.8 Å². The van der Waals surface area contributed by atoms with Gasteiger partial charge in [-0.3, -0.25) is 4.99 Å². The van der Waals surface area contributed by atoms with Crippen LogP contribution in [0.15, 0.2) is 83.5 Å². The Hall–Kier alpha value is -3.07. The van der Waals surface area contributed by atoms with Crippen LogP contribution in [0.3, 0.4) is 0 Å². The molecule has 1 aliphatic rings. The molecule has 0 saturated heterocycles. The van der Waals surface area contributed by atoms with Gasteiger partial charge in [0.1, 0.15) is 0 Å². The number of likely N-dealkylation sites (N-methyl/N-ethyl adjacent to an activating group) is 1. The van der Waals surface area contributed by atoms with Gasteiger partial charge in [0.05, 0.1) is 6.54 Å². The Morgan fingerprint density at radius 2 is 1.63 bits per heavy atom. The van der Waals surface area contributed by atoms with Gasteiger partial charge in [-0.25, -0.2) is 0 Å². The highest BCUT2D eigenvalue weighted by Gasteiger charge is 2.29. The molecule has 0 amide bonds.